The number of aryl methyl sites for hydroxylation is 1. The van der Waals surface area contributed by atoms with Crippen LogP contribution in [0.25, 0.3) is 0 Å². The van der Waals surface area contributed by atoms with Gasteiger partial charge in [0.2, 0.25) is 0 Å². The molecule has 0 saturated heterocycles. The van der Waals surface area contributed by atoms with Gasteiger partial charge in [0.05, 0.1) is 11.0 Å². The topological polar surface area (TPSA) is 59.0 Å². The van der Waals surface area contributed by atoms with E-state index in [4.69, 9.17) is 0 Å². The number of para-hydroxylation sites is 1. The second kappa shape index (κ2) is 7.48. The second-order valence-corrected chi connectivity index (χ2v) is 6.40. The normalized spacial score (nSPS) is 10.5. The molecule has 0 radical (unpaired) electrons. The van der Waals surface area contributed by atoms with E-state index in [0.717, 1.165) is 16.8 Å². The fourth-order valence-corrected chi connectivity index (χ4v) is 2.73. The molecule has 5 nitrogen and oxygen atoms in total. The minimum Gasteiger partial charge on any atom is -0.307 e. The highest BCUT2D eigenvalue weighted by molar-refractivity contribution is 9.10. The molecule has 2 N–H and O–H groups in total. The highest BCUT2D eigenvalue weighted by atomic mass is 79.9. The number of rotatable bonds is 4. The number of urea groups is 1. The Hall–Kier alpha value is -2.67. The zero-order valence-electron chi connectivity index (χ0n) is 13.5. The van der Waals surface area contributed by atoms with Gasteiger partial charge in [-0.25, -0.2) is 9.18 Å². The number of benzene rings is 2. The Morgan fingerprint density at radius 2 is 1.88 bits per heavy atom. The first kappa shape index (κ1) is 17.2. The van der Waals surface area contributed by atoms with Crippen molar-refractivity contribution in [2.75, 3.05) is 10.6 Å². The average Bonchev–Trinajstić information content (AvgIpc) is 2.91. The average molecular weight is 403 g/mol. The molecule has 2 amide bonds. The van der Waals surface area contributed by atoms with Crippen molar-refractivity contribution in [2.24, 2.45) is 0 Å². The summed E-state index contributed by atoms with van der Waals surface area (Å²) in [5.41, 5.74) is 2.62. The van der Waals surface area contributed by atoms with Crippen molar-refractivity contribution in [3.8, 4) is 0 Å². The Bertz CT molecular complexity index is 892. The Balaban J connectivity index is 1.67. The van der Waals surface area contributed by atoms with E-state index in [2.05, 4.69) is 31.7 Å². The molecule has 3 rings (SSSR count). The maximum absolute atomic E-state index is 13.0. The van der Waals surface area contributed by atoms with Crippen LogP contribution in [-0.4, -0.2) is 15.8 Å². The van der Waals surface area contributed by atoms with E-state index < -0.39 is 0 Å². The summed E-state index contributed by atoms with van der Waals surface area (Å²) in [7, 11) is 0. The van der Waals surface area contributed by atoms with Crippen molar-refractivity contribution in [1.82, 2.24) is 9.78 Å². The Morgan fingerprint density at radius 1 is 1.16 bits per heavy atom. The Kier molecular flexibility index (Phi) is 5.14. The predicted octanol–water partition coefficient (Wildman–Crippen LogP) is 4.79. The van der Waals surface area contributed by atoms with Crippen molar-refractivity contribution in [2.45, 2.75) is 13.5 Å². The van der Waals surface area contributed by atoms with Crippen LogP contribution in [0, 0.1) is 12.7 Å². The minimum absolute atomic E-state index is 0.277. The third-order valence-corrected chi connectivity index (χ3v) is 4.18. The van der Waals surface area contributed by atoms with Crippen molar-refractivity contribution < 1.29 is 9.18 Å². The molecular weight excluding hydrogens is 387 g/mol. The monoisotopic (exact) mass is 402 g/mol. The van der Waals surface area contributed by atoms with E-state index in [9.17, 15) is 9.18 Å². The number of nitrogens with zero attached hydrogens (tertiary/aromatic N) is 2. The molecule has 7 heteroatoms. The first-order valence-electron chi connectivity index (χ1n) is 7.62. The molecular formula is C18H16BrFN4O. The summed E-state index contributed by atoms with van der Waals surface area (Å²) in [6.07, 6.45) is 1.76. The lowest BCUT2D eigenvalue weighted by atomic mass is 10.2. The van der Waals surface area contributed by atoms with Gasteiger partial charge in [-0.1, -0.05) is 30.3 Å². The molecule has 1 aromatic heterocycles. The molecule has 0 unspecified atom stereocenters. The number of hydrogen-bond donors (Lipinski definition) is 2. The van der Waals surface area contributed by atoms with Gasteiger partial charge in [0.25, 0.3) is 0 Å². The molecule has 0 saturated carbocycles. The molecule has 1 heterocycles. The van der Waals surface area contributed by atoms with Crippen LogP contribution in [0.5, 0.6) is 0 Å². The van der Waals surface area contributed by atoms with Crippen LogP contribution in [0.3, 0.4) is 0 Å². The summed E-state index contributed by atoms with van der Waals surface area (Å²) in [6, 6.07) is 13.3. The molecule has 0 aliphatic carbocycles. The zero-order valence-corrected chi connectivity index (χ0v) is 15.0. The maximum Gasteiger partial charge on any atom is 0.324 e. The van der Waals surface area contributed by atoms with Gasteiger partial charge in [-0.05, 0) is 52.2 Å². The quantitative estimate of drug-likeness (QED) is 0.659. The summed E-state index contributed by atoms with van der Waals surface area (Å²) in [5, 5.41) is 9.84. The lowest BCUT2D eigenvalue weighted by Crippen LogP contribution is -2.20. The number of carbonyl (C=O) groups excluding carboxylic acids is 1. The summed E-state index contributed by atoms with van der Waals surface area (Å²) < 4.78 is 15.3. The van der Waals surface area contributed by atoms with Gasteiger partial charge in [-0.3, -0.25) is 10.00 Å². The van der Waals surface area contributed by atoms with Gasteiger partial charge in [0, 0.05) is 11.9 Å². The van der Waals surface area contributed by atoms with Gasteiger partial charge in [0.15, 0.2) is 5.82 Å². The first-order valence-corrected chi connectivity index (χ1v) is 8.41. The van der Waals surface area contributed by atoms with Crippen LogP contribution in [0.1, 0.15) is 11.1 Å². The fourth-order valence-electron chi connectivity index (χ4n) is 2.31. The molecule has 0 aliphatic heterocycles. The summed E-state index contributed by atoms with van der Waals surface area (Å²) in [6.45, 7) is 2.39. The molecule has 0 spiro atoms. The Labute approximate surface area is 153 Å². The van der Waals surface area contributed by atoms with E-state index in [1.807, 2.05) is 31.2 Å². The van der Waals surface area contributed by atoms with Crippen molar-refractivity contribution in [3.05, 3.63) is 76.1 Å². The molecule has 2 aromatic carbocycles. The third-order valence-electron chi connectivity index (χ3n) is 3.60. The second-order valence-electron chi connectivity index (χ2n) is 5.54. The van der Waals surface area contributed by atoms with Gasteiger partial charge in [0.1, 0.15) is 5.82 Å². The summed E-state index contributed by atoms with van der Waals surface area (Å²) >= 11 is 3.38. The molecule has 128 valence electrons. The van der Waals surface area contributed by atoms with Crippen LogP contribution >= 0.6 is 15.9 Å². The number of hydrogen-bond acceptors (Lipinski definition) is 2. The van der Waals surface area contributed by atoms with Crippen molar-refractivity contribution in [3.63, 3.8) is 0 Å². The molecule has 0 atom stereocenters. The third kappa shape index (κ3) is 4.45. The highest BCUT2D eigenvalue weighted by Gasteiger charge is 2.11. The van der Waals surface area contributed by atoms with E-state index in [1.165, 1.54) is 12.1 Å². The maximum atomic E-state index is 13.0. The Morgan fingerprint density at radius 3 is 2.60 bits per heavy atom. The van der Waals surface area contributed by atoms with E-state index >= 15 is 0 Å². The zero-order chi connectivity index (χ0) is 17.8. The predicted molar refractivity (Wildman–Crippen MR) is 99.2 cm³/mol. The van der Waals surface area contributed by atoms with Crippen LogP contribution < -0.4 is 10.6 Å². The largest absolute Gasteiger partial charge is 0.324 e. The lowest BCUT2D eigenvalue weighted by molar-refractivity contribution is 0.262. The van der Waals surface area contributed by atoms with E-state index in [-0.39, 0.29) is 11.8 Å². The van der Waals surface area contributed by atoms with Gasteiger partial charge in [-0.2, -0.15) is 5.10 Å². The van der Waals surface area contributed by atoms with Crippen LogP contribution in [0.4, 0.5) is 20.7 Å². The number of carbonyl (C=O) groups is 1. The molecule has 0 aliphatic rings. The smallest absolute Gasteiger partial charge is 0.307 e. The summed E-state index contributed by atoms with van der Waals surface area (Å²) in [5.74, 6) is 0.133. The van der Waals surface area contributed by atoms with Gasteiger partial charge >= 0.3 is 6.03 Å². The summed E-state index contributed by atoms with van der Waals surface area (Å²) in [4.78, 5) is 12.2. The highest BCUT2D eigenvalue weighted by Crippen LogP contribution is 2.21. The molecule has 0 fully saturated rings. The molecule has 3 aromatic rings. The number of halogens is 2. The van der Waals surface area contributed by atoms with Gasteiger partial charge < -0.3 is 5.32 Å². The van der Waals surface area contributed by atoms with E-state index in [0.29, 0.717) is 16.8 Å². The minimum atomic E-state index is -0.373. The SMILES string of the molecule is Cc1ccccc1NC(=O)Nc1nn(Cc2ccc(F)cc2)cc1Br. The standard InChI is InChI=1S/C18H16BrFN4O/c1-12-4-2-3-5-16(12)21-18(25)22-17-15(19)11-24(23-17)10-13-6-8-14(20)9-7-13/h2-9,11H,10H2,1H3,(H2,21,22,23,25). The van der Waals surface area contributed by atoms with Crippen molar-refractivity contribution >= 4 is 33.5 Å². The number of amides is 2. The number of nitrogens with one attached hydrogen (secondary N) is 2. The van der Waals surface area contributed by atoms with Crippen LogP contribution in [0.15, 0.2) is 59.2 Å². The lowest BCUT2D eigenvalue weighted by Gasteiger charge is -2.08. The fraction of sp³-hybridized carbons (Fsp3) is 0.111. The van der Waals surface area contributed by atoms with Crippen LogP contribution in [-0.2, 0) is 6.54 Å². The first-order chi connectivity index (χ1) is 12.0. The number of aromatic nitrogens is 2. The number of anilines is 2. The van der Waals surface area contributed by atoms with E-state index in [1.54, 1.807) is 23.0 Å². The van der Waals surface area contributed by atoms with Crippen molar-refractivity contribution in [1.29, 1.82) is 0 Å². The molecule has 25 heavy (non-hydrogen) atoms. The van der Waals surface area contributed by atoms with Gasteiger partial charge in [-0.15, -0.1) is 0 Å². The van der Waals surface area contributed by atoms with Crippen LogP contribution in [0.2, 0.25) is 0 Å². The molecule has 0 bridgehead atoms.